The summed E-state index contributed by atoms with van der Waals surface area (Å²) in [5, 5.41) is 6.27. The molecule has 6 heteroatoms. The molecule has 0 saturated carbocycles. The number of nitrogens with one attached hydrogen (secondary N) is 2. The monoisotopic (exact) mass is 389 g/mol. The summed E-state index contributed by atoms with van der Waals surface area (Å²) in [5.74, 6) is 0.0284. The number of anilines is 1. The zero-order chi connectivity index (χ0) is 13.7. The van der Waals surface area contributed by atoms with Crippen LogP contribution >= 0.6 is 31.9 Å². The maximum Gasteiger partial charge on any atom is 0.238 e. The van der Waals surface area contributed by atoms with E-state index in [4.69, 9.17) is 0 Å². The van der Waals surface area contributed by atoms with E-state index < -0.39 is 0 Å². The molecule has 4 nitrogen and oxygen atoms in total. The van der Waals surface area contributed by atoms with E-state index in [0.717, 1.165) is 47.2 Å². The second kappa shape index (κ2) is 7.38. The van der Waals surface area contributed by atoms with Crippen molar-refractivity contribution < 1.29 is 4.79 Å². The van der Waals surface area contributed by atoms with Gasteiger partial charge in [0, 0.05) is 22.0 Å². The summed E-state index contributed by atoms with van der Waals surface area (Å²) in [5.41, 5.74) is 0.798. The molecular formula is C13H17Br2N3O. The Hall–Kier alpha value is -0.430. The van der Waals surface area contributed by atoms with Crippen LogP contribution < -0.4 is 10.6 Å². The maximum absolute atomic E-state index is 12.0. The molecule has 1 saturated heterocycles. The van der Waals surface area contributed by atoms with E-state index >= 15 is 0 Å². The van der Waals surface area contributed by atoms with Gasteiger partial charge in [-0.05, 0) is 53.6 Å². The zero-order valence-electron chi connectivity index (χ0n) is 10.6. The van der Waals surface area contributed by atoms with Gasteiger partial charge in [0.1, 0.15) is 0 Å². The molecule has 2 rings (SSSR count). The maximum atomic E-state index is 12.0. The number of carbonyl (C=O) groups excluding carboxylic acids is 1. The predicted molar refractivity (Wildman–Crippen MR) is 84.4 cm³/mol. The molecule has 1 aliphatic rings. The standard InChI is InChI=1S/C13H17Br2N3O/c14-10-2-3-11(15)12(8-10)17-13(19)9-18-6-1-4-16-5-7-18/h2-3,8,16H,1,4-7,9H2,(H,17,19). The molecule has 0 radical (unpaired) electrons. The minimum absolute atomic E-state index is 0.0284. The lowest BCUT2D eigenvalue weighted by Crippen LogP contribution is -2.35. The zero-order valence-corrected chi connectivity index (χ0v) is 13.8. The molecule has 1 heterocycles. The molecule has 0 unspecified atom stereocenters. The predicted octanol–water partition coefficient (Wildman–Crippen LogP) is 2.45. The Morgan fingerprint density at radius 1 is 1.32 bits per heavy atom. The van der Waals surface area contributed by atoms with Gasteiger partial charge < -0.3 is 10.6 Å². The molecule has 0 aliphatic carbocycles. The number of hydrogen-bond acceptors (Lipinski definition) is 3. The van der Waals surface area contributed by atoms with Gasteiger partial charge in [-0.3, -0.25) is 9.69 Å². The van der Waals surface area contributed by atoms with Crippen molar-refractivity contribution in [1.82, 2.24) is 10.2 Å². The lowest BCUT2D eigenvalue weighted by molar-refractivity contribution is -0.117. The first-order valence-corrected chi connectivity index (χ1v) is 7.92. The SMILES string of the molecule is O=C(CN1CCCNCC1)Nc1cc(Br)ccc1Br. The Kier molecular flexibility index (Phi) is 5.81. The molecule has 1 aliphatic heterocycles. The van der Waals surface area contributed by atoms with Crippen molar-refractivity contribution in [2.24, 2.45) is 0 Å². The van der Waals surface area contributed by atoms with Gasteiger partial charge in [0.15, 0.2) is 0 Å². The van der Waals surface area contributed by atoms with Crippen LogP contribution in [0.3, 0.4) is 0 Å². The van der Waals surface area contributed by atoms with Crippen LogP contribution in [0.5, 0.6) is 0 Å². The second-order valence-corrected chi connectivity index (χ2v) is 6.32. The van der Waals surface area contributed by atoms with Crippen LogP contribution in [0.25, 0.3) is 0 Å². The Labute approximate surface area is 130 Å². The van der Waals surface area contributed by atoms with E-state index in [-0.39, 0.29) is 5.91 Å². The van der Waals surface area contributed by atoms with Gasteiger partial charge in [0.05, 0.1) is 12.2 Å². The highest BCUT2D eigenvalue weighted by molar-refractivity contribution is 9.11. The Morgan fingerprint density at radius 3 is 3.00 bits per heavy atom. The number of nitrogens with zero attached hydrogens (tertiary/aromatic N) is 1. The Balaban J connectivity index is 1.91. The van der Waals surface area contributed by atoms with Crippen LogP contribution in [0.1, 0.15) is 6.42 Å². The minimum atomic E-state index is 0.0284. The van der Waals surface area contributed by atoms with E-state index in [1.54, 1.807) is 0 Å². The summed E-state index contributed by atoms with van der Waals surface area (Å²) < 4.78 is 1.84. The summed E-state index contributed by atoms with van der Waals surface area (Å²) in [6.45, 7) is 4.33. The Bertz CT molecular complexity index is 446. The third-order valence-electron chi connectivity index (χ3n) is 3.00. The largest absolute Gasteiger partial charge is 0.324 e. The minimum Gasteiger partial charge on any atom is -0.324 e. The number of benzene rings is 1. The smallest absolute Gasteiger partial charge is 0.238 e. The first kappa shape index (κ1) is 15.0. The number of hydrogen-bond donors (Lipinski definition) is 2. The normalized spacial score (nSPS) is 16.9. The topological polar surface area (TPSA) is 44.4 Å². The summed E-state index contributed by atoms with van der Waals surface area (Å²) in [6, 6.07) is 5.74. The molecule has 0 atom stereocenters. The number of halogens is 2. The van der Waals surface area contributed by atoms with E-state index in [1.165, 1.54) is 0 Å². The molecule has 1 aromatic rings. The molecule has 104 valence electrons. The van der Waals surface area contributed by atoms with Crippen molar-refractivity contribution in [3.63, 3.8) is 0 Å². The van der Waals surface area contributed by atoms with E-state index in [0.29, 0.717) is 6.54 Å². The van der Waals surface area contributed by atoms with Gasteiger partial charge >= 0.3 is 0 Å². The summed E-state index contributed by atoms with van der Waals surface area (Å²) >= 11 is 6.84. The molecule has 0 aromatic heterocycles. The lowest BCUT2D eigenvalue weighted by atomic mass is 10.3. The number of amides is 1. The van der Waals surface area contributed by atoms with Gasteiger partial charge in [0.2, 0.25) is 5.91 Å². The fourth-order valence-electron chi connectivity index (χ4n) is 2.05. The van der Waals surface area contributed by atoms with Crippen molar-refractivity contribution >= 4 is 43.5 Å². The summed E-state index contributed by atoms with van der Waals surface area (Å²) in [7, 11) is 0. The van der Waals surface area contributed by atoms with Gasteiger partial charge in [-0.1, -0.05) is 15.9 Å². The van der Waals surface area contributed by atoms with Crippen molar-refractivity contribution in [1.29, 1.82) is 0 Å². The molecule has 1 amide bonds. The van der Waals surface area contributed by atoms with Crippen LogP contribution in [0.4, 0.5) is 5.69 Å². The molecular weight excluding hydrogens is 374 g/mol. The van der Waals surface area contributed by atoms with Crippen LogP contribution in [0, 0.1) is 0 Å². The molecule has 2 N–H and O–H groups in total. The number of carbonyl (C=O) groups is 1. The van der Waals surface area contributed by atoms with Crippen LogP contribution in [0.15, 0.2) is 27.1 Å². The molecule has 0 spiro atoms. The molecule has 1 fully saturated rings. The fourth-order valence-corrected chi connectivity index (χ4v) is 2.75. The van der Waals surface area contributed by atoms with Gasteiger partial charge in [-0.15, -0.1) is 0 Å². The van der Waals surface area contributed by atoms with E-state index in [2.05, 4.69) is 47.4 Å². The van der Waals surface area contributed by atoms with Crippen LogP contribution in [0.2, 0.25) is 0 Å². The van der Waals surface area contributed by atoms with E-state index in [9.17, 15) is 4.79 Å². The first-order chi connectivity index (χ1) is 9.15. The fraction of sp³-hybridized carbons (Fsp3) is 0.462. The average Bonchev–Trinajstić information content (AvgIpc) is 2.62. The van der Waals surface area contributed by atoms with Gasteiger partial charge in [-0.2, -0.15) is 0 Å². The second-order valence-electron chi connectivity index (χ2n) is 4.55. The average molecular weight is 391 g/mol. The third kappa shape index (κ3) is 4.87. The highest BCUT2D eigenvalue weighted by atomic mass is 79.9. The van der Waals surface area contributed by atoms with E-state index in [1.807, 2.05) is 18.2 Å². The lowest BCUT2D eigenvalue weighted by Gasteiger charge is -2.19. The summed E-state index contributed by atoms with van der Waals surface area (Å²) in [6.07, 6.45) is 1.09. The molecule has 1 aromatic carbocycles. The van der Waals surface area contributed by atoms with Crippen LogP contribution in [-0.2, 0) is 4.79 Å². The van der Waals surface area contributed by atoms with Crippen LogP contribution in [-0.4, -0.2) is 43.5 Å². The highest BCUT2D eigenvalue weighted by Crippen LogP contribution is 2.26. The molecule has 0 bridgehead atoms. The third-order valence-corrected chi connectivity index (χ3v) is 4.19. The van der Waals surface area contributed by atoms with Gasteiger partial charge in [-0.25, -0.2) is 0 Å². The first-order valence-electron chi connectivity index (χ1n) is 6.33. The van der Waals surface area contributed by atoms with Crippen molar-refractivity contribution in [2.75, 3.05) is 38.0 Å². The summed E-state index contributed by atoms with van der Waals surface area (Å²) in [4.78, 5) is 14.2. The number of rotatable bonds is 3. The van der Waals surface area contributed by atoms with Gasteiger partial charge in [0.25, 0.3) is 0 Å². The highest BCUT2D eigenvalue weighted by Gasteiger charge is 2.13. The van der Waals surface area contributed by atoms with Crippen molar-refractivity contribution in [3.8, 4) is 0 Å². The van der Waals surface area contributed by atoms with Crippen molar-refractivity contribution in [3.05, 3.63) is 27.1 Å². The molecule has 19 heavy (non-hydrogen) atoms. The Morgan fingerprint density at radius 2 is 2.16 bits per heavy atom. The van der Waals surface area contributed by atoms with Crippen molar-refractivity contribution in [2.45, 2.75) is 6.42 Å². The quantitative estimate of drug-likeness (QED) is 0.833.